The zero-order chi connectivity index (χ0) is 14.5. The molecular weight excluding hydrogens is 318 g/mol. The monoisotopic (exact) mass is 337 g/mol. The van der Waals surface area contributed by atoms with E-state index in [0.717, 1.165) is 35.0 Å². The summed E-state index contributed by atoms with van der Waals surface area (Å²) in [5.74, 6) is -0.107. The van der Waals surface area contributed by atoms with Crippen LogP contribution in [0.4, 0.5) is 5.69 Å². The quantitative estimate of drug-likeness (QED) is 0.837. The van der Waals surface area contributed by atoms with Crippen LogP contribution in [0.5, 0.6) is 0 Å². The molecule has 0 spiro atoms. The van der Waals surface area contributed by atoms with Gasteiger partial charge in [-0.25, -0.2) is 4.99 Å². The van der Waals surface area contributed by atoms with Crippen LogP contribution in [-0.2, 0) is 11.2 Å². The van der Waals surface area contributed by atoms with Crippen molar-refractivity contribution in [1.29, 1.82) is 0 Å². The van der Waals surface area contributed by atoms with Crippen LogP contribution in [0.15, 0.2) is 27.7 Å². The predicted octanol–water partition coefficient (Wildman–Crippen LogP) is 2.71. The first-order chi connectivity index (χ1) is 9.60. The highest BCUT2D eigenvalue weighted by atomic mass is 79.9. The summed E-state index contributed by atoms with van der Waals surface area (Å²) in [4.78, 5) is 16.5. The topological polar surface area (TPSA) is 67.5 Å². The molecule has 1 atom stereocenters. The molecule has 1 heterocycles. The second-order valence-corrected chi connectivity index (χ2v) is 6.04. The number of nitrogens with two attached hydrogens (primary N) is 1. The standard InChI is InChI=1S/C15H20BrN3O/c1-2-3-4-12(17)9-18-15(20)14-7-10-5-6-11(16)8-13(10)19-14/h5-6,8,12H,2-4,7,9,17H2,1H3,(H,18,20). The first-order valence-electron chi connectivity index (χ1n) is 7.00. The van der Waals surface area contributed by atoms with Crippen molar-refractivity contribution in [3.8, 4) is 0 Å². The van der Waals surface area contributed by atoms with Gasteiger partial charge in [-0.05, 0) is 24.1 Å². The summed E-state index contributed by atoms with van der Waals surface area (Å²) in [7, 11) is 0. The van der Waals surface area contributed by atoms with Gasteiger partial charge in [0.15, 0.2) is 0 Å². The molecule has 108 valence electrons. The molecule has 1 aliphatic rings. The molecule has 1 aliphatic heterocycles. The molecule has 20 heavy (non-hydrogen) atoms. The van der Waals surface area contributed by atoms with Crippen LogP contribution in [0.25, 0.3) is 0 Å². The number of aliphatic imine (C=N–C) groups is 1. The van der Waals surface area contributed by atoms with Gasteiger partial charge in [0.25, 0.3) is 5.91 Å². The molecule has 0 fully saturated rings. The molecule has 0 saturated carbocycles. The van der Waals surface area contributed by atoms with Crippen LogP contribution in [0.3, 0.4) is 0 Å². The Bertz CT molecular complexity index is 528. The average molecular weight is 338 g/mol. The zero-order valence-corrected chi connectivity index (χ0v) is 13.2. The summed E-state index contributed by atoms with van der Waals surface area (Å²) in [6.45, 7) is 2.64. The van der Waals surface area contributed by atoms with Crippen molar-refractivity contribution in [3.63, 3.8) is 0 Å². The van der Waals surface area contributed by atoms with Crippen molar-refractivity contribution >= 4 is 33.2 Å². The van der Waals surface area contributed by atoms with Crippen LogP contribution in [0.1, 0.15) is 31.7 Å². The van der Waals surface area contributed by atoms with Crippen molar-refractivity contribution in [2.75, 3.05) is 6.54 Å². The third kappa shape index (κ3) is 3.90. The maximum absolute atomic E-state index is 12.1. The van der Waals surface area contributed by atoms with Gasteiger partial charge in [-0.2, -0.15) is 0 Å². The molecule has 1 amide bonds. The maximum Gasteiger partial charge on any atom is 0.266 e. The van der Waals surface area contributed by atoms with Crippen molar-refractivity contribution in [2.45, 2.75) is 38.6 Å². The van der Waals surface area contributed by atoms with E-state index in [2.05, 4.69) is 33.2 Å². The van der Waals surface area contributed by atoms with Crippen molar-refractivity contribution in [1.82, 2.24) is 5.32 Å². The Kier molecular flexibility index (Phi) is 5.31. The summed E-state index contributed by atoms with van der Waals surface area (Å²) >= 11 is 3.41. The average Bonchev–Trinajstić information content (AvgIpc) is 2.85. The first-order valence-corrected chi connectivity index (χ1v) is 7.79. The molecule has 0 radical (unpaired) electrons. The van der Waals surface area contributed by atoms with Gasteiger partial charge in [0.05, 0.1) is 5.69 Å². The second-order valence-electron chi connectivity index (χ2n) is 5.12. The normalized spacial score (nSPS) is 14.7. The highest BCUT2D eigenvalue weighted by molar-refractivity contribution is 9.10. The third-order valence-electron chi connectivity index (χ3n) is 3.38. The van der Waals surface area contributed by atoms with Gasteiger partial charge in [-0.15, -0.1) is 0 Å². The first kappa shape index (κ1) is 15.2. The van der Waals surface area contributed by atoms with Crippen LogP contribution in [0, 0.1) is 0 Å². The molecule has 4 nitrogen and oxygen atoms in total. The molecule has 3 N–H and O–H groups in total. The molecule has 1 aromatic rings. The highest BCUT2D eigenvalue weighted by Gasteiger charge is 2.20. The van der Waals surface area contributed by atoms with Gasteiger partial charge in [-0.3, -0.25) is 4.79 Å². The number of fused-ring (bicyclic) bond motifs is 1. The van der Waals surface area contributed by atoms with E-state index in [1.54, 1.807) is 0 Å². The molecule has 2 rings (SSSR count). The van der Waals surface area contributed by atoms with Gasteiger partial charge in [0, 0.05) is 23.5 Å². The lowest BCUT2D eigenvalue weighted by molar-refractivity contribution is -0.114. The molecule has 1 unspecified atom stereocenters. The molecule has 0 aliphatic carbocycles. The Labute approximate surface area is 128 Å². The van der Waals surface area contributed by atoms with Gasteiger partial charge >= 0.3 is 0 Å². The Balaban J connectivity index is 1.87. The Morgan fingerprint density at radius 3 is 3.10 bits per heavy atom. The van der Waals surface area contributed by atoms with Crippen molar-refractivity contribution in [2.24, 2.45) is 10.7 Å². The lowest BCUT2D eigenvalue weighted by atomic mass is 10.1. The SMILES string of the molecule is CCCCC(N)CNC(=O)C1=Nc2cc(Br)ccc2C1. The number of carbonyl (C=O) groups excluding carboxylic acids is 1. The lowest BCUT2D eigenvalue weighted by Gasteiger charge is -2.11. The number of unbranched alkanes of at least 4 members (excludes halogenated alkanes) is 1. The Morgan fingerprint density at radius 2 is 2.35 bits per heavy atom. The number of halogens is 1. The van der Waals surface area contributed by atoms with E-state index in [-0.39, 0.29) is 11.9 Å². The van der Waals surface area contributed by atoms with Crippen molar-refractivity contribution < 1.29 is 4.79 Å². The molecule has 1 aromatic carbocycles. The fourth-order valence-electron chi connectivity index (χ4n) is 2.18. The van der Waals surface area contributed by atoms with E-state index in [1.807, 2.05) is 18.2 Å². The molecule has 0 saturated heterocycles. The number of nitrogens with one attached hydrogen (secondary N) is 1. The number of amides is 1. The largest absolute Gasteiger partial charge is 0.349 e. The zero-order valence-electron chi connectivity index (χ0n) is 11.7. The Hall–Kier alpha value is -1.20. The van der Waals surface area contributed by atoms with E-state index in [0.29, 0.717) is 18.7 Å². The summed E-state index contributed by atoms with van der Waals surface area (Å²) in [6, 6.07) is 5.92. The summed E-state index contributed by atoms with van der Waals surface area (Å²) < 4.78 is 0.975. The van der Waals surface area contributed by atoms with Crippen LogP contribution < -0.4 is 11.1 Å². The van der Waals surface area contributed by atoms with Gasteiger partial charge in [0.1, 0.15) is 5.71 Å². The number of hydrogen-bond acceptors (Lipinski definition) is 3. The number of benzene rings is 1. The fraction of sp³-hybridized carbons (Fsp3) is 0.467. The number of carbonyl (C=O) groups is 1. The summed E-state index contributed by atoms with van der Waals surface area (Å²) in [5.41, 5.74) is 8.49. The maximum atomic E-state index is 12.1. The smallest absolute Gasteiger partial charge is 0.266 e. The minimum atomic E-state index is -0.107. The summed E-state index contributed by atoms with van der Waals surface area (Å²) in [6.07, 6.45) is 3.76. The van der Waals surface area contributed by atoms with Crippen LogP contribution in [-0.4, -0.2) is 24.2 Å². The molecule has 0 bridgehead atoms. The van der Waals surface area contributed by atoms with Crippen LogP contribution in [0.2, 0.25) is 0 Å². The number of nitrogens with zero attached hydrogens (tertiary/aromatic N) is 1. The van der Waals surface area contributed by atoms with E-state index in [4.69, 9.17) is 5.73 Å². The van der Waals surface area contributed by atoms with E-state index < -0.39 is 0 Å². The van der Waals surface area contributed by atoms with Gasteiger partial charge < -0.3 is 11.1 Å². The van der Waals surface area contributed by atoms with Gasteiger partial charge in [0.2, 0.25) is 0 Å². The molecule has 5 heteroatoms. The summed E-state index contributed by atoms with van der Waals surface area (Å²) in [5, 5.41) is 2.88. The third-order valence-corrected chi connectivity index (χ3v) is 3.87. The molecular formula is C15H20BrN3O. The molecule has 0 aromatic heterocycles. The number of rotatable bonds is 6. The van der Waals surface area contributed by atoms with E-state index in [1.165, 1.54) is 0 Å². The van der Waals surface area contributed by atoms with E-state index >= 15 is 0 Å². The highest BCUT2D eigenvalue weighted by Crippen LogP contribution is 2.29. The minimum absolute atomic E-state index is 0.0254. The van der Waals surface area contributed by atoms with Gasteiger partial charge in [-0.1, -0.05) is 41.8 Å². The predicted molar refractivity (Wildman–Crippen MR) is 85.5 cm³/mol. The number of hydrogen-bond donors (Lipinski definition) is 2. The second kappa shape index (κ2) is 6.99. The Morgan fingerprint density at radius 1 is 1.55 bits per heavy atom. The fourth-order valence-corrected chi connectivity index (χ4v) is 2.53. The van der Waals surface area contributed by atoms with Crippen LogP contribution >= 0.6 is 15.9 Å². The minimum Gasteiger partial charge on any atom is -0.349 e. The van der Waals surface area contributed by atoms with Crippen molar-refractivity contribution in [3.05, 3.63) is 28.2 Å². The lowest BCUT2D eigenvalue weighted by Crippen LogP contribution is -2.40. The van der Waals surface area contributed by atoms with E-state index in [9.17, 15) is 4.79 Å².